The molecule has 1 aromatic carbocycles. The number of rotatable bonds is 4. The topological polar surface area (TPSA) is 55.1 Å². The molecule has 0 amide bonds. The van der Waals surface area contributed by atoms with Gasteiger partial charge in [-0.2, -0.15) is 0 Å². The van der Waals surface area contributed by atoms with E-state index in [1.54, 1.807) is 0 Å². The number of aryl methyl sites for hydroxylation is 1. The van der Waals surface area contributed by atoms with Crippen LogP contribution < -0.4 is 0 Å². The molecule has 17 heavy (non-hydrogen) atoms. The number of hydrogen-bond donors (Lipinski definition) is 1. The molecule has 0 aliphatic carbocycles. The third-order valence-corrected chi connectivity index (χ3v) is 3.54. The second-order valence-corrected chi connectivity index (χ2v) is 5.03. The predicted octanol–water partition coefficient (Wildman–Crippen LogP) is 2.54. The molecule has 4 nitrogen and oxygen atoms in total. The maximum absolute atomic E-state index is 10.4. The van der Waals surface area contributed by atoms with Crippen LogP contribution in [0.1, 0.15) is 5.82 Å². The Morgan fingerprint density at radius 3 is 3.06 bits per heavy atom. The third kappa shape index (κ3) is 2.73. The number of carbonyl (C=O) groups is 1. The van der Waals surface area contributed by atoms with E-state index < -0.39 is 5.97 Å². The Morgan fingerprint density at radius 1 is 1.59 bits per heavy atom. The fourth-order valence-electron chi connectivity index (χ4n) is 1.58. The number of nitrogens with zero attached hydrogens (tertiary/aromatic N) is 2. The number of imidazole rings is 1. The highest BCUT2D eigenvalue weighted by molar-refractivity contribution is 7.99. The largest absolute Gasteiger partial charge is 0.481 e. The molecule has 0 radical (unpaired) electrons. The summed E-state index contributed by atoms with van der Waals surface area (Å²) in [6.45, 7) is 0. The highest BCUT2D eigenvalue weighted by Gasteiger charge is 2.08. The van der Waals surface area contributed by atoms with Crippen LogP contribution in [0.25, 0.3) is 11.0 Å². The Morgan fingerprint density at radius 2 is 2.35 bits per heavy atom. The average molecular weight is 271 g/mol. The molecule has 2 aromatic rings. The lowest BCUT2D eigenvalue weighted by molar-refractivity contribution is -0.133. The number of carboxylic acid groups (broad SMARTS) is 1. The lowest BCUT2D eigenvalue weighted by Crippen LogP contribution is -2.01. The molecule has 0 atom stereocenters. The van der Waals surface area contributed by atoms with Gasteiger partial charge in [-0.1, -0.05) is 11.6 Å². The van der Waals surface area contributed by atoms with Crippen molar-refractivity contribution in [3.8, 4) is 0 Å². The number of benzene rings is 1. The molecule has 0 bridgehead atoms. The lowest BCUT2D eigenvalue weighted by Gasteiger charge is -2.00. The van der Waals surface area contributed by atoms with E-state index in [9.17, 15) is 4.79 Å². The van der Waals surface area contributed by atoms with Crippen LogP contribution in [0.4, 0.5) is 0 Å². The molecule has 6 heteroatoms. The van der Waals surface area contributed by atoms with Gasteiger partial charge in [0.25, 0.3) is 0 Å². The molecular formula is C11H11ClN2O2S. The van der Waals surface area contributed by atoms with Gasteiger partial charge in [-0.15, -0.1) is 11.8 Å². The zero-order chi connectivity index (χ0) is 12.4. The van der Waals surface area contributed by atoms with Gasteiger partial charge in [-0.05, 0) is 18.2 Å². The molecule has 0 spiro atoms. The number of fused-ring (bicyclic) bond motifs is 1. The molecule has 0 aliphatic heterocycles. The maximum Gasteiger partial charge on any atom is 0.313 e. The minimum absolute atomic E-state index is 0.0873. The summed E-state index contributed by atoms with van der Waals surface area (Å²) in [5.41, 5.74) is 1.84. The molecular weight excluding hydrogens is 260 g/mol. The number of aromatic nitrogens is 2. The molecule has 0 aliphatic rings. The van der Waals surface area contributed by atoms with Crippen molar-refractivity contribution in [3.63, 3.8) is 0 Å². The quantitative estimate of drug-likeness (QED) is 0.928. The van der Waals surface area contributed by atoms with Crippen LogP contribution in [-0.2, 0) is 17.6 Å². The first-order valence-corrected chi connectivity index (χ1v) is 6.51. The first kappa shape index (κ1) is 12.3. The zero-order valence-corrected chi connectivity index (χ0v) is 10.8. The first-order valence-electron chi connectivity index (χ1n) is 4.98. The molecule has 0 unspecified atom stereocenters. The Bertz CT molecular complexity index is 568. The van der Waals surface area contributed by atoms with Gasteiger partial charge in [-0.25, -0.2) is 4.98 Å². The molecule has 0 fully saturated rings. The van der Waals surface area contributed by atoms with Crippen LogP contribution in [0.15, 0.2) is 18.2 Å². The number of aliphatic carboxylic acids is 1. The highest BCUT2D eigenvalue weighted by Crippen LogP contribution is 2.21. The number of thioether (sulfide) groups is 1. The van der Waals surface area contributed by atoms with Crippen LogP contribution in [0.5, 0.6) is 0 Å². The van der Waals surface area contributed by atoms with Gasteiger partial charge in [-0.3, -0.25) is 4.79 Å². The average Bonchev–Trinajstić information content (AvgIpc) is 2.55. The van der Waals surface area contributed by atoms with Gasteiger partial charge < -0.3 is 9.67 Å². The van der Waals surface area contributed by atoms with E-state index in [1.807, 2.05) is 29.8 Å². The summed E-state index contributed by atoms with van der Waals surface area (Å²) in [6, 6.07) is 5.54. The van der Waals surface area contributed by atoms with Gasteiger partial charge in [0.05, 0.1) is 22.5 Å². The van der Waals surface area contributed by atoms with E-state index in [-0.39, 0.29) is 5.75 Å². The highest BCUT2D eigenvalue weighted by atomic mass is 35.5. The Hall–Kier alpha value is -1.20. The molecule has 1 heterocycles. The van der Waals surface area contributed by atoms with E-state index in [0.717, 1.165) is 16.9 Å². The smallest absolute Gasteiger partial charge is 0.313 e. The first-order chi connectivity index (χ1) is 8.08. The van der Waals surface area contributed by atoms with Crippen molar-refractivity contribution in [2.45, 2.75) is 5.75 Å². The van der Waals surface area contributed by atoms with Crippen molar-refractivity contribution in [2.75, 3.05) is 5.75 Å². The summed E-state index contributed by atoms with van der Waals surface area (Å²) in [5.74, 6) is 0.712. The van der Waals surface area contributed by atoms with Crippen LogP contribution in [-0.4, -0.2) is 26.4 Å². The van der Waals surface area contributed by atoms with Crippen molar-refractivity contribution in [1.82, 2.24) is 9.55 Å². The number of hydrogen-bond acceptors (Lipinski definition) is 3. The van der Waals surface area contributed by atoms with E-state index in [2.05, 4.69) is 4.98 Å². The Balaban J connectivity index is 2.23. The summed E-state index contributed by atoms with van der Waals surface area (Å²) in [7, 11) is 1.92. The monoisotopic (exact) mass is 270 g/mol. The number of carboxylic acids is 1. The lowest BCUT2D eigenvalue weighted by atomic mass is 10.3. The fourth-order valence-corrected chi connectivity index (χ4v) is 2.47. The Kier molecular flexibility index (Phi) is 3.59. The minimum Gasteiger partial charge on any atom is -0.481 e. The van der Waals surface area contributed by atoms with E-state index in [1.165, 1.54) is 11.8 Å². The van der Waals surface area contributed by atoms with Crippen molar-refractivity contribution in [2.24, 2.45) is 7.05 Å². The van der Waals surface area contributed by atoms with E-state index >= 15 is 0 Å². The summed E-state index contributed by atoms with van der Waals surface area (Å²) >= 11 is 7.23. The summed E-state index contributed by atoms with van der Waals surface area (Å²) in [4.78, 5) is 14.9. The molecule has 1 aromatic heterocycles. The summed E-state index contributed by atoms with van der Waals surface area (Å²) in [5, 5.41) is 9.22. The molecule has 1 N–H and O–H groups in total. The second kappa shape index (κ2) is 4.98. The van der Waals surface area contributed by atoms with E-state index in [4.69, 9.17) is 16.7 Å². The summed E-state index contributed by atoms with van der Waals surface area (Å²) < 4.78 is 1.96. The van der Waals surface area contributed by atoms with Crippen LogP contribution >= 0.6 is 23.4 Å². The standard InChI is InChI=1S/C11H11ClN2O2S/c1-14-9-3-2-7(12)4-8(9)13-10(14)5-17-6-11(15)16/h2-4H,5-6H2,1H3,(H,15,16). The van der Waals surface area contributed by atoms with Gasteiger partial charge in [0.1, 0.15) is 5.82 Å². The number of halogens is 1. The van der Waals surface area contributed by atoms with E-state index in [0.29, 0.717) is 10.8 Å². The van der Waals surface area contributed by atoms with Crippen LogP contribution in [0.3, 0.4) is 0 Å². The molecule has 0 saturated carbocycles. The van der Waals surface area contributed by atoms with Gasteiger partial charge in [0, 0.05) is 12.1 Å². The van der Waals surface area contributed by atoms with Crippen LogP contribution in [0, 0.1) is 0 Å². The molecule has 90 valence electrons. The molecule has 0 saturated heterocycles. The van der Waals surface area contributed by atoms with Crippen molar-refractivity contribution in [3.05, 3.63) is 29.0 Å². The van der Waals surface area contributed by atoms with Crippen molar-refractivity contribution < 1.29 is 9.90 Å². The van der Waals surface area contributed by atoms with Gasteiger partial charge >= 0.3 is 5.97 Å². The van der Waals surface area contributed by atoms with Gasteiger partial charge in [0.2, 0.25) is 0 Å². The predicted molar refractivity (Wildman–Crippen MR) is 69.5 cm³/mol. The fraction of sp³-hybridized carbons (Fsp3) is 0.273. The SMILES string of the molecule is Cn1c(CSCC(=O)O)nc2cc(Cl)ccc21. The van der Waals surface area contributed by atoms with Crippen molar-refractivity contribution in [1.29, 1.82) is 0 Å². The minimum atomic E-state index is -0.809. The van der Waals surface area contributed by atoms with Crippen molar-refractivity contribution >= 4 is 40.4 Å². The Labute approximate surface area is 108 Å². The second-order valence-electron chi connectivity index (χ2n) is 3.61. The summed E-state index contributed by atoms with van der Waals surface area (Å²) in [6.07, 6.45) is 0. The van der Waals surface area contributed by atoms with Crippen LogP contribution in [0.2, 0.25) is 5.02 Å². The molecule has 2 rings (SSSR count). The third-order valence-electron chi connectivity index (χ3n) is 2.39. The zero-order valence-electron chi connectivity index (χ0n) is 9.18. The maximum atomic E-state index is 10.4. The normalized spacial score (nSPS) is 10.9. The van der Waals surface area contributed by atoms with Gasteiger partial charge in [0.15, 0.2) is 0 Å².